The van der Waals surface area contributed by atoms with Gasteiger partial charge in [0.1, 0.15) is 30.3 Å². The highest BCUT2D eigenvalue weighted by molar-refractivity contribution is 5.88. The Morgan fingerprint density at radius 1 is 1.10 bits per heavy atom. The first kappa shape index (κ1) is 14.4. The van der Waals surface area contributed by atoms with Crippen molar-refractivity contribution in [1.82, 2.24) is 0 Å². The molecular formula is C14H16O6. The van der Waals surface area contributed by atoms with Crippen molar-refractivity contribution in [3.63, 3.8) is 0 Å². The quantitative estimate of drug-likeness (QED) is 0.762. The third kappa shape index (κ3) is 3.09. The van der Waals surface area contributed by atoms with E-state index in [-0.39, 0.29) is 26.4 Å². The maximum atomic E-state index is 11.4. The Morgan fingerprint density at radius 2 is 1.80 bits per heavy atom. The van der Waals surface area contributed by atoms with Crippen LogP contribution in [0.1, 0.15) is 5.56 Å². The van der Waals surface area contributed by atoms with Gasteiger partial charge in [-0.1, -0.05) is 0 Å². The summed E-state index contributed by atoms with van der Waals surface area (Å²) in [5.74, 6) is 0.888. The summed E-state index contributed by atoms with van der Waals surface area (Å²) in [6.45, 7) is 1.78. The molecular weight excluding hydrogens is 264 g/mol. The van der Waals surface area contributed by atoms with Crippen LogP contribution in [0.3, 0.4) is 0 Å². The minimum absolute atomic E-state index is 0.122. The number of ether oxygens (including phenoxy) is 2. The summed E-state index contributed by atoms with van der Waals surface area (Å²) < 4.78 is 15.9. The summed E-state index contributed by atoms with van der Waals surface area (Å²) in [6, 6.07) is 4.59. The van der Waals surface area contributed by atoms with Gasteiger partial charge >= 0.3 is 5.63 Å². The second kappa shape index (κ2) is 6.40. The van der Waals surface area contributed by atoms with Crippen LogP contribution in [0.4, 0.5) is 0 Å². The zero-order valence-corrected chi connectivity index (χ0v) is 11.1. The fraction of sp³-hybridized carbons (Fsp3) is 0.357. The van der Waals surface area contributed by atoms with Crippen molar-refractivity contribution in [2.24, 2.45) is 0 Å². The Kier molecular flexibility index (Phi) is 4.60. The molecule has 6 heteroatoms. The molecule has 0 aliphatic rings. The van der Waals surface area contributed by atoms with Crippen LogP contribution in [0.15, 0.2) is 27.4 Å². The number of aliphatic hydroxyl groups is 2. The zero-order chi connectivity index (χ0) is 14.5. The highest BCUT2D eigenvalue weighted by Gasteiger charge is 2.12. The SMILES string of the molecule is Cc1cc(=O)oc2cc(OCCO)cc(OCCO)c12. The zero-order valence-electron chi connectivity index (χ0n) is 11.1. The Hall–Kier alpha value is -2.05. The summed E-state index contributed by atoms with van der Waals surface area (Å²) in [5, 5.41) is 18.3. The lowest BCUT2D eigenvalue weighted by molar-refractivity contribution is 0.195. The number of rotatable bonds is 6. The van der Waals surface area contributed by atoms with E-state index < -0.39 is 5.63 Å². The lowest BCUT2D eigenvalue weighted by atomic mass is 10.1. The van der Waals surface area contributed by atoms with Gasteiger partial charge in [0, 0.05) is 18.2 Å². The van der Waals surface area contributed by atoms with Gasteiger partial charge in [-0.3, -0.25) is 0 Å². The van der Waals surface area contributed by atoms with Gasteiger partial charge in [-0.05, 0) is 12.5 Å². The first-order chi connectivity index (χ1) is 9.65. The minimum Gasteiger partial charge on any atom is -0.491 e. The summed E-state index contributed by atoms with van der Waals surface area (Å²) in [5.41, 5.74) is 0.610. The summed E-state index contributed by atoms with van der Waals surface area (Å²) in [7, 11) is 0. The van der Waals surface area contributed by atoms with Gasteiger partial charge < -0.3 is 24.1 Å². The second-order valence-corrected chi connectivity index (χ2v) is 4.19. The van der Waals surface area contributed by atoms with Crippen LogP contribution >= 0.6 is 0 Å². The molecule has 0 radical (unpaired) electrons. The van der Waals surface area contributed by atoms with Crippen molar-refractivity contribution in [3.8, 4) is 11.5 Å². The van der Waals surface area contributed by atoms with Crippen molar-refractivity contribution >= 4 is 11.0 Å². The third-order valence-electron chi connectivity index (χ3n) is 2.69. The number of hydrogen-bond donors (Lipinski definition) is 2. The minimum atomic E-state index is -0.456. The maximum Gasteiger partial charge on any atom is 0.336 e. The fourth-order valence-electron chi connectivity index (χ4n) is 1.94. The molecule has 108 valence electrons. The van der Waals surface area contributed by atoms with Crippen LogP contribution in [0.2, 0.25) is 0 Å². The van der Waals surface area contributed by atoms with Gasteiger partial charge in [-0.2, -0.15) is 0 Å². The van der Waals surface area contributed by atoms with Gasteiger partial charge in [0.15, 0.2) is 0 Å². The lowest BCUT2D eigenvalue weighted by Crippen LogP contribution is -2.06. The molecule has 0 bridgehead atoms. The average molecular weight is 280 g/mol. The van der Waals surface area contributed by atoms with Crippen LogP contribution < -0.4 is 15.1 Å². The number of hydrogen-bond acceptors (Lipinski definition) is 6. The van der Waals surface area contributed by atoms with Crippen LogP contribution in [0.25, 0.3) is 11.0 Å². The predicted octanol–water partition coefficient (Wildman–Crippen LogP) is 0.844. The second-order valence-electron chi connectivity index (χ2n) is 4.19. The molecule has 0 aliphatic carbocycles. The largest absolute Gasteiger partial charge is 0.491 e. The van der Waals surface area contributed by atoms with Crippen molar-refractivity contribution in [3.05, 3.63) is 34.2 Å². The molecule has 1 aromatic carbocycles. The monoisotopic (exact) mass is 280 g/mol. The van der Waals surface area contributed by atoms with E-state index >= 15 is 0 Å². The van der Waals surface area contributed by atoms with E-state index in [2.05, 4.69) is 0 Å². The first-order valence-electron chi connectivity index (χ1n) is 6.21. The molecule has 0 unspecified atom stereocenters. The molecule has 0 saturated heterocycles. The van der Waals surface area contributed by atoms with Crippen molar-refractivity contribution in [2.75, 3.05) is 26.4 Å². The van der Waals surface area contributed by atoms with Crippen LogP contribution in [0.5, 0.6) is 11.5 Å². The van der Waals surface area contributed by atoms with Gasteiger partial charge in [0.25, 0.3) is 0 Å². The topological polar surface area (TPSA) is 89.1 Å². The Balaban J connectivity index is 2.55. The van der Waals surface area contributed by atoms with E-state index in [0.717, 1.165) is 5.56 Å². The van der Waals surface area contributed by atoms with Crippen LogP contribution in [-0.4, -0.2) is 36.6 Å². The van der Waals surface area contributed by atoms with Crippen LogP contribution in [-0.2, 0) is 0 Å². The number of benzene rings is 1. The van der Waals surface area contributed by atoms with E-state index in [1.165, 1.54) is 6.07 Å². The van der Waals surface area contributed by atoms with E-state index in [0.29, 0.717) is 22.5 Å². The van der Waals surface area contributed by atoms with Crippen LogP contribution in [0, 0.1) is 6.92 Å². The van der Waals surface area contributed by atoms with Gasteiger partial charge in [-0.15, -0.1) is 0 Å². The molecule has 20 heavy (non-hydrogen) atoms. The highest BCUT2D eigenvalue weighted by Crippen LogP contribution is 2.32. The first-order valence-corrected chi connectivity index (χ1v) is 6.21. The normalized spacial score (nSPS) is 10.8. The van der Waals surface area contributed by atoms with E-state index in [1.807, 2.05) is 0 Å². The summed E-state index contributed by atoms with van der Waals surface area (Å²) in [6.07, 6.45) is 0. The smallest absolute Gasteiger partial charge is 0.336 e. The summed E-state index contributed by atoms with van der Waals surface area (Å²) in [4.78, 5) is 11.4. The van der Waals surface area contributed by atoms with Crippen molar-refractivity contribution < 1.29 is 24.1 Å². The molecule has 0 spiro atoms. The van der Waals surface area contributed by atoms with E-state index in [9.17, 15) is 4.79 Å². The molecule has 0 aliphatic heterocycles. The standard InChI is InChI=1S/C14H16O6/c1-9-6-13(17)20-12-8-10(18-4-2-15)7-11(14(9)12)19-5-3-16/h6-8,15-16H,2-5H2,1H3. The molecule has 0 saturated carbocycles. The molecule has 6 nitrogen and oxygen atoms in total. The molecule has 2 N–H and O–H groups in total. The number of aliphatic hydroxyl groups excluding tert-OH is 2. The molecule has 1 heterocycles. The molecule has 2 rings (SSSR count). The predicted molar refractivity (Wildman–Crippen MR) is 72.4 cm³/mol. The summed E-state index contributed by atoms with van der Waals surface area (Å²) >= 11 is 0. The Bertz CT molecular complexity index is 646. The highest BCUT2D eigenvalue weighted by atomic mass is 16.5. The Morgan fingerprint density at radius 3 is 2.50 bits per heavy atom. The fourth-order valence-corrected chi connectivity index (χ4v) is 1.94. The van der Waals surface area contributed by atoms with E-state index in [1.54, 1.807) is 19.1 Å². The van der Waals surface area contributed by atoms with Gasteiger partial charge in [0.05, 0.1) is 18.6 Å². The number of aryl methyl sites for hydroxylation is 1. The molecule has 2 aromatic rings. The van der Waals surface area contributed by atoms with Crippen molar-refractivity contribution in [1.29, 1.82) is 0 Å². The van der Waals surface area contributed by atoms with Crippen molar-refractivity contribution in [2.45, 2.75) is 6.92 Å². The Labute approximate surface area is 115 Å². The number of fused-ring (bicyclic) bond motifs is 1. The molecule has 1 aromatic heterocycles. The van der Waals surface area contributed by atoms with E-state index in [4.69, 9.17) is 24.1 Å². The third-order valence-corrected chi connectivity index (χ3v) is 2.69. The van der Waals surface area contributed by atoms with Gasteiger partial charge in [0.2, 0.25) is 0 Å². The molecule has 0 amide bonds. The molecule has 0 atom stereocenters. The molecule has 0 fully saturated rings. The maximum absolute atomic E-state index is 11.4. The lowest BCUT2D eigenvalue weighted by Gasteiger charge is -2.12. The average Bonchev–Trinajstić information content (AvgIpc) is 2.41. The van der Waals surface area contributed by atoms with Gasteiger partial charge in [-0.25, -0.2) is 4.79 Å².